The molecular weight excluding hydrogens is 272 g/mol. The maximum atomic E-state index is 11.4. The first kappa shape index (κ1) is 13.1. The molecule has 9 heteroatoms. The molecule has 0 bridgehead atoms. The molecule has 2 aromatic rings. The monoisotopic (exact) mass is 286 g/mol. The lowest BCUT2D eigenvalue weighted by Gasteiger charge is -1.99. The van der Waals surface area contributed by atoms with Gasteiger partial charge in [-0.05, 0) is 13.8 Å². The van der Waals surface area contributed by atoms with Gasteiger partial charge in [-0.1, -0.05) is 23.1 Å². The normalized spacial score (nSPS) is 10.8. The summed E-state index contributed by atoms with van der Waals surface area (Å²) in [5.74, 6) is 0.660. The molecule has 98 valence electrons. The van der Waals surface area contributed by atoms with E-state index in [0.29, 0.717) is 17.5 Å². The Hall–Kier alpha value is -1.35. The molecule has 0 radical (unpaired) electrons. The van der Waals surface area contributed by atoms with E-state index in [1.807, 2.05) is 13.8 Å². The lowest BCUT2D eigenvalue weighted by Crippen LogP contribution is -2.16. The van der Waals surface area contributed by atoms with Crippen LogP contribution in [0.15, 0.2) is 9.95 Å². The summed E-state index contributed by atoms with van der Waals surface area (Å²) in [6.45, 7) is 5.36. The highest BCUT2D eigenvalue weighted by molar-refractivity contribution is 7.98. The number of thioether (sulfide) groups is 1. The minimum absolute atomic E-state index is 0.175. The first-order valence-corrected chi connectivity index (χ1v) is 7.39. The van der Waals surface area contributed by atoms with Crippen molar-refractivity contribution in [3.8, 4) is 0 Å². The zero-order valence-electron chi connectivity index (χ0n) is 10.1. The van der Waals surface area contributed by atoms with Crippen LogP contribution < -0.4 is 11.0 Å². The molecule has 0 aliphatic rings. The van der Waals surface area contributed by atoms with Crippen molar-refractivity contribution in [3.63, 3.8) is 0 Å². The number of H-pyrrole nitrogens is 1. The van der Waals surface area contributed by atoms with Gasteiger partial charge in [-0.15, -0.1) is 15.3 Å². The molecule has 0 aromatic carbocycles. The second kappa shape index (κ2) is 6.01. The summed E-state index contributed by atoms with van der Waals surface area (Å²) >= 11 is 3.00. The van der Waals surface area contributed by atoms with Crippen molar-refractivity contribution in [2.45, 2.75) is 31.3 Å². The van der Waals surface area contributed by atoms with Crippen LogP contribution in [-0.4, -0.2) is 31.5 Å². The topological polar surface area (TPSA) is 88.5 Å². The lowest BCUT2D eigenvalue weighted by molar-refractivity contribution is 0.660. The van der Waals surface area contributed by atoms with Crippen LogP contribution in [-0.2, 0) is 12.3 Å². The molecule has 0 amide bonds. The summed E-state index contributed by atoms with van der Waals surface area (Å²) in [4.78, 5) is 11.4. The summed E-state index contributed by atoms with van der Waals surface area (Å²) < 4.78 is 1.59. The number of hydrogen-bond donors (Lipinski definition) is 2. The van der Waals surface area contributed by atoms with E-state index in [-0.39, 0.29) is 5.69 Å². The van der Waals surface area contributed by atoms with E-state index >= 15 is 0 Å². The van der Waals surface area contributed by atoms with Crippen LogP contribution in [0.1, 0.15) is 18.9 Å². The predicted octanol–water partition coefficient (Wildman–Crippen LogP) is 1.17. The van der Waals surface area contributed by atoms with Crippen LogP contribution in [0, 0.1) is 0 Å². The standard InChI is InChI=1S/C9H14N6OS2/c1-3-10-7-12-11-6(18-7)5-17-9-14-13-8(16)15(9)4-2/h3-5H2,1-2H3,(H,10,12)(H,13,16). The Labute approximate surface area is 112 Å². The second-order valence-corrected chi connectivity index (χ2v) is 5.38. The van der Waals surface area contributed by atoms with Crippen LogP contribution >= 0.6 is 23.1 Å². The first-order valence-electron chi connectivity index (χ1n) is 5.58. The number of rotatable bonds is 6. The fourth-order valence-electron chi connectivity index (χ4n) is 1.35. The van der Waals surface area contributed by atoms with E-state index in [9.17, 15) is 4.79 Å². The summed E-state index contributed by atoms with van der Waals surface area (Å²) in [5, 5.41) is 20.0. The van der Waals surface area contributed by atoms with Crippen molar-refractivity contribution >= 4 is 28.2 Å². The molecule has 0 fully saturated rings. The molecule has 0 aliphatic heterocycles. The highest BCUT2D eigenvalue weighted by atomic mass is 32.2. The maximum absolute atomic E-state index is 11.4. The van der Waals surface area contributed by atoms with E-state index in [1.54, 1.807) is 4.57 Å². The van der Waals surface area contributed by atoms with Crippen molar-refractivity contribution in [1.82, 2.24) is 25.0 Å². The molecule has 0 unspecified atom stereocenters. The quantitative estimate of drug-likeness (QED) is 0.775. The lowest BCUT2D eigenvalue weighted by atomic mass is 10.7. The van der Waals surface area contributed by atoms with E-state index in [1.165, 1.54) is 23.1 Å². The number of aromatic amines is 1. The van der Waals surface area contributed by atoms with Gasteiger partial charge in [0, 0.05) is 13.1 Å². The van der Waals surface area contributed by atoms with Gasteiger partial charge in [0.25, 0.3) is 0 Å². The molecule has 2 N–H and O–H groups in total. The van der Waals surface area contributed by atoms with E-state index < -0.39 is 0 Å². The molecule has 0 spiro atoms. The zero-order valence-corrected chi connectivity index (χ0v) is 11.8. The first-order chi connectivity index (χ1) is 8.74. The summed E-state index contributed by atoms with van der Waals surface area (Å²) in [7, 11) is 0. The Bertz CT molecular complexity index is 559. The van der Waals surface area contributed by atoms with Gasteiger partial charge < -0.3 is 5.32 Å². The number of nitrogens with one attached hydrogen (secondary N) is 2. The molecule has 7 nitrogen and oxygen atoms in total. The predicted molar refractivity (Wildman–Crippen MR) is 72.2 cm³/mol. The number of nitrogens with zero attached hydrogens (tertiary/aromatic N) is 4. The van der Waals surface area contributed by atoms with E-state index in [0.717, 1.165) is 16.7 Å². The number of aromatic nitrogens is 5. The van der Waals surface area contributed by atoms with Crippen LogP contribution in [0.2, 0.25) is 0 Å². The molecule has 2 rings (SSSR count). The molecule has 0 atom stereocenters. The smallest absolute Gasteiger partial charge is 0.343 e. The van der Waals surface area contributed by atoms with E-state index in [2.05, 4.69) is 25.7 Å². The SMILES string of the molecule is CCNc1nnc(CSc2n[nH]c(=O)n2CC)s1. The van der Waals surface area contributed by atoms with Gasteiger partial charge in [-0.2, -0.15) is 0 Å². The van der Waals surface area contributed by atoms with Gasteiger partial charge in [0.1, 0.15) is 5.01 Å². The fraction of sp³-hybridized carbons (Fsp3) is 0.556. The van der Waals surface area contributed by atoms with Gasteiger partial charge in [-0.3, -0.25) is 4.57 Å². The minimum atomic E-state index is -0.175. The van der Waals surface area contributed by atoms with Crippen molar-refractivity contribution in [3.05, 3.63) is 15.5 Å². The highest BCUT2D eigenvalue weighted by Gasteiger charge is 2.09. The zero-order chi connectivity index (χ0) is 13.0. The minimum Gasteiger partial charge on any atom is -0.360 e. The third kappa shape index (κ3) is 2.91. The fourth-order valence-corrected chi connectivity index (χ4v) is 3.16. The van der Waals surface area contributed by atoms with E-state index in [4.69, 9.17) is 0 Å². The van der Waals surface area contributed by atoms with Crippen molar-refractivity contribution < 1.29 is 0 Å². The summed E-state index contributed by atoms with van der Waals surface area (Å²) in [5.41, 5.74) is -0.175. The Morgan fingerprint density at radius 1 is 1.44 bits per heavy atom. The Morgan fingerprint density at radius 3 is 3.00 bits per heavy atom. The molecular formula is C9H14N6OS2. The van der Waals surface area contributed by atoms with Crippen LogP contribution in [0.3, 0.4) is 0 Å². The Morgan fingerprint density at radius 2 is 2.28 bits per heavy atom. The largest absolute Gasteiger partial charge is 0.360 e. The molecule has 18 heavy (non-hydrogen) atoms. The summed E-state index contributed by atoms with van der Waals surface area (Å²) in [6, 6.07) is 0. The van der Waals surface area contributed by atoms with Crippen LogP contribution in [0.4, 0.5) is 5.13 Å². The second-order valence-electron chi connectivity index (χ2n) is 3.38. The molecule has 2 aromatic heterocycles. The van der Waals surface area contributed by atoms with Crippen molar-refractivity contribution in [2.24, 2.45) is 0 Å². The average Bonchev–Trinajstić information content (AvgIpc) is 2.94. The van der Waals surface area contributed by atoms with Crippen molar-refractivity contribution in [1.29, 1.82) is 0 Å². The Balaban J connectivity index is 2.00. The van der Waals surface area contributed by atoms with Crippen molar-refractivity contribution in [2.75, 3.05) is 11.9 Å². The maximum Gasteiger partial charge on any atom is 0.343 e. The third-order valence-corrected chi connectivity index (χ3v) is 4.21. The number of anilines is 1. The molecule has 0 aliphatic carbocycles. The van der Waals surface area contributed by atoms with Crippen LogP contribution in [0.25, 0.3) is 0 Å². The van der Waals surface area contributed by atoms with Gasteiger partial charge in [-0.25, -0.2) is 9.89 Å². The van der Waals surface area contributed by atoms with Gasteiger partial charge in [0.2, 0.25) is 5.13 Å². The highest BCUT2D eigenvalue weighted by Crippen LogP contribution is 2.23. The molecule has 0 saturated heterocycles. The summed E-state index contributed by atoms with van der Waals surface area (Å²) in [6.07, 6.45) is 0. The number of hydrogen-bond acceptors (Lipinski definition) is 7. The Kier molecular flexibility index (Phi) is 4.37. The van der Waals surface area contributed by atoms with Crippen LogP contribution in [0.5, 0.6) is 0 Å². The molecule has 2 heterocycles. The van der Waals surface area contributed by atoms with Gasteiger partial charge in [0.15, 0.2) is 5.16 Å². The van der Waals surface area contributed by atoms with Gasteiger partial charge in [0.05, 0.1) is 5.75 Å². The average molecular weight is 286 g/mol. The third-order valence-electron chi connectivity index (χ3n) is 2.16. The van der Waals surface area contributed by atoms with Gasteiger partial charge >= 0.3 is 5.69 Å². The molecule has 0 saturated carbocycles.